The number of piperazine rings is 1. The highest BCUT2D eigenvalue weighted by molar-refractivity contribution is 5.78. The van der Waals surface area contributed by atoms with Crippen molar-refractivity contribution in [3.63, 3.8) is 0 Å². The number of aliphatic hydroxyl groups excluding tert-OH is 2. The zero-order valence-electron chi connectivity index (χ0n) is 14.9. The lowest BCUT2D eigenvalue weighted by Crippen LogP contribution is -2.50. The smallest absolute Gasteiger partial charge is 0.236 e. The molecule has 1 saturated carbocycles. The van der Waals surface area contributed by atoms with Crippen LogP contribution in [-0.2, 0) is 4.79 Å². The quantitative estimate of drug-likeness (QED) is 0.727. The van der Waals surface area contributed by atoms with Gasteiger partial charge in [-0.3, -0.25) is 9.69 Å². The van der Waals surface area contributed by atoms with E-state index in [2.05, 4.69) is 19.8 Å². The van der Waals surface area contributed by atoms with E-state index >= 15 is 0 Å². The van der Waals surface area contributed by atoms with Crippen molar-refractivity contribution in [1.82, 2.24) is 19.8 Å². The van der Waals surface area contributed by atoms with Crippen molar-refractivity contribution in [3.05, 3.63) is 18.5 Å². The lowest BCUT2D eigenvalue weighted by molar-refractivity contribution is -0.131. The van der Waals surface area contributed by atoms with E-state index in [1.165, 1.54) is 0 Å². The fourth-order valence-corrected chi connectivity index (χ4v) is 4.46. The maximum Gasteiger partial charge on any atom is 0.236 e. The fourth-order valence-electron chi connectivity index (χ4n) is 4.46. The molecule has 8 heteroatoms. The molecule has 1 aromatic rings. The topological polar surface area (TPSA) is 93.0 Å². The lowest BCUT2D eigenvalue weighted by Gasteiger charge is -2.34. The van der Waals surface area contributed by atoms with E-state index in [0.717, 1.165) is 32.1 Å². The fraction of sp³-hybridized carbons (Fsp3) is 0.722. The molecule has 1 amide bonds. The molecule has 8 nitrogen and oxygen atoms in total. The average molecular weight is 361 g/mol. The van der Waals surface area contributed by atoms with Crippen LogP contribution >= 0.6 is 0 Å². The molecule has 3 aliphatic rings. The van der Waals surface area contributed by atoms with Crippen molar-refractivity contribution < 1.29 is 15.0 Å². The predicted molar refractivity (Wildman–Crippen MR) is 95.5 cm³/mol. The van der Waals surface area contributed by atoms with Crippen molar-refractivity contribution in [1.29, 1.82) is 0 Å². The van der Waals surface area contributed by atoms with Gasteiger partial charge >= 0.3 is 0 Å². The van der Waals surface area contributed by atoms with Gasteiger partial charge in [0.05, 0.1) is 18.8 Å². The van der Waals surface area contributed by atoms with Gasteiger partial charge in [0.15, 0.2) is 0 Å². The third kappa shape index (κ3) is 3.67. The third-order valence-electron chi connectivity index (χ3n) is 6.03. The number of carbonyl (C=O) groups is 1. The minimum Gasteiger partial charge on any atom is -0.390 e. The van der Waals surface area contributed by atoms with Crippen LogP contribution in [0.1, 0.15) is 12.8 Å². The minimum absolute atomic E-state index is 0.160. The van der Waals surface area contributed by atoms with Gasteiger partial charge in [0.25, 0.3) is 0 Å². The second-order valence-corrected chi connectivity index (χ2v) is 7.74. The molecule has 26 heavy (non-hydrogen) atoms. The number of amides is 1. The maximum absolute atomic E-state index is 12.7. The molecule has 3 heterocycles. The van der Waals surface area contributed by atoms with Gasteiger partial charge in [-0.1, -0.05) is 0 Å². The molecule has 2 aliphatic heterocycles. The number of aromatic nitrogens is 2. The second-order valence-electron chi connectivity index (χ2n) is 7.74. The first kappa shape index (κ1) is 17.6. The zero-order chi connectivity index (χ0) is 18.1. The van der Waals surface area contributed by atoms with Crippen molar-refractivity contribution >= 4 is 11.9 Å². The Morgan fingerprint density at radius 3 is 2.15 bits per heavy atom. The van der Waals surface area contributed by atoms with E-state index in [1.54, 1.807) is 12.4 Å². The van der Waals surface area contributed by atoms with Crippen LogP contribution in [0.15, 0.2) is 18.5 Å². The van der Waals surface area contributed by atoms with Gasteiger partial charge in [-0.15, -0.1) is 0 Å². The van der Waals surface area contributed by atoms with Gasteiger partial charge in [-0.25, -0.2) is 9.97 Å². The Morgan fingerprint density at radius 1 is 1.00 bits per heavy atom. The minimum atomic E-state index is -0.639. The molecular weight excluding hydrogens is 334 g/mol. The Balaban J connectivity index is 1.26. The summed E-state index contributed by atoms with van der Waals surface area (Å²) in [5.41, 5.74) is 0. The first-order valence-corrected chi connectivity index (χ1v) is 9.48. The van der Waals surface area contributed by atoms with Crippen LogP contribution in [-0.4, -0.2) is 93.9 Å². The molecule has 142 valence electrons. The van der Waals surface area contributed by atoms with E-state index in [4.69, 9.17) is 0 Å². The number of nitrogens with zero attached hydrogens (tertiary/aromatic N) is 5. The van der Waals surface area contributed by atoms with Crippen LogP contribution in [0.2, 0.25) is 0 Å². The van der Waals surface area contributed by atoms with Gasteiger partial charge in [0, 0.05) is 51.7 Å². The monoisotopic (exact) mass is 361 g/mol. The zero-order valence-corrected chi connectivity index (χ0v) is 14.9. The van der Waals surface area contributed by atoms with Crippen LogP contribution in [0.3, 0.4) is 0 Å². The maximum atomic E-state index is 12.7. The van der Waals surface area contributed by atoms with Gasteiger partial charge in [0.1, 0.15) is 0 Å². The normalized spacial score (nSPS) is 32.5. The second kappa shape index (κ2) is 7.46. The summed E-state index contributed by atoms with van der Waals surface area (Å²) < 4.78 is 0. The Morgan fingerprint density at radius 2 is 1.58 bits per heavy atom. The number of hydrogen-bond acceptors (Lipinski definition) is 7. The van der Waals surface area contributed by atoms with E-state index in [9.17, 15) is 15.0 Å². The van der Waals surface area contributed by atoms with E-state index in [1.807, 2.05) is 11.0 Å². The predicted octanol–water partition coefficient (Wildman–Crippen LogP) is -0.811. The Bertz CT molecular complexity index is 605. The first-order chi connectivity index (χ1) is 12.6. The summed E-state index contributed by atoms with van der Waals surface area (Å²) in [7, 11) is 0. The molecule has 1 aromatic heterocycles. The summed E-state index contributed by atoms with van der Waals surface area (Å²) in [6.07, 6.45) is 3.42. The van der Waals surface area contributed by atoms with E-state index in [0.29, 0.717) is 44.3 Å². The van der Waals surface area contributed by atoms with Crippen LogP contribution in [0, 0.1) is 11.8 Å². The number of hydrogen-bond donors (Lipinski definition) is 2. The summed E-state index contributed by atoms with van der Waals surface area (Å²) in [5, 5.41) is 19.7. The first-order valence-electron chi connectivity index (χ1n) is 9.48. The van der Waals surface area contributed by atoms with Crippen LogP contribution < -0.4 is 4.90 Å². The summed E-state index contributed by atoms with van der Waals surface area (Å²) in [6, 6.07) is 1.81. The van der Waals surface area contributed by atoms with Gasteiger partial charge in [-0.05, 0) is 30.7 Å². The van der Waals surface area contributed by atoms with Gasteiger partial charge in [-0.2, -0.15) is 0 Å². The molecule has 2 N–H and O–H groups in total. The summed E-state index contributed by atoms with van der Waals surface area (Å²) in [4.78, 5) is 27.5. The van der Waals surface area contributed by atoms with E-state index in [-0.39, 0.29) is 5.91 Å². The van der Waals surface area contributed by atoms with Crippen molar-refractivity contribution in [3.8, 4) is 0 Å². The van der Waals surface area contributed by atoms with Crippen molar-refractivity contribution in [2.75, 3.05) is 50.7 Å². The summed E-state index contributed by atoms with van der Waals surface area (Å²) >= 11 is 0. The SMILES string of the molecule is O=C(CN1CCN(c2ncccn2)CC1)N1C[C@H]2C[C@@H](O)[C@H](O)C[C@H]2C1. The average Bonchev–Trinajstić information content (AvgIpc) is 3.06. The largest absolute Gasteiger partial charge is 0.390 e. The number of rotatable bonds is 3. The Kier molecular flexibility index (Phi) is 5.06. The molecule has 1 aliphatic carbocycles. The Hall–Kier alpha value is -1.77. The molecule has 0 radical (unpaired) electrons. The highest BCUT2D eigenvalue weighted by Gasteiger charge is 2.42. The molecule has 0 unspecified atom stereocenters. The molecule has 0 bridgehead atoms. The number of carbonyl (C=O) groups excluding carboxylic acids is 1. The number of fused-ring (bicyclic) bond motifs is 1. The summed E-state index contributed by atoms with van der Waals surface area (Å²) in [5.74, 6) is 1.56. The number of aliphatic hydroxyl groups is 2. The summed E-state index contributed by atoms with van der Waals surface area (Å²) in [6.45, 7) is 5.15. The third-order valence-corrected chi connectivity index (χ3v) is 6.03. The standard InChI is InChI=1S/C18H27N5O3/c24-15-8-13-10-23(11-14(13)9-16(15)25)17(26)12-21-4-6-22(7-5-21)18-19-2-1-3-20-18/h1-3,13-16,24-25H,4-12H2/t13-,14+,15-,16-/m1/s1. The van der Waals surface area contributed by atoms with Crippen LogP contribution in [0.5, 0.6) is 0 Å². The Labute approximate surface area is 153 Å². The van der Waals surface area contributed by atoms with Gasteiger partial charge in [0.2, 0.25) is 11.9 Å². The number of likely N-dealkylation sites (tertiary alicyclic amines) is 1. The highest BCUT2D eigenvalue weighted by atomic mass is 16.3. The molecular formula is C18H27N5O3. The molecule has 3 fully saturated rings. The molecule has 4 atom stereocenters. The molecule has 2 saturated heterocycles. The van der Waals surface area contributed by atoms with E-state index < -0.39 is 12.2 Å². The molecule has 4 rings (SSSR count). The van der Waals surface area contributed by atoms with Crippen LogP contribution in [0.4, 0.5) is 5.95 Å². The van der Waals surface area contributed by atoms with Crippen molar-refractivity contribution in [2.45, 2.75) is 25.0 Å². The lowest BCUT2D eigenvalue weighted by atomic mass is 9.79. The molecule has 0 spiro atoms. The van der Waals surface area contributed by atoms with Crippen LogP contribution in [0.25, 0.3) is 0 Å². The highest BCUT2D eigenvalue weighted by Crippen LogP contribution is 2.36. The van der Waals surface area contributed by atoms with Crippen molar-refractivity contribution in [2.24, 2.45) is 11.8 Å². The number of anilines is 1. The van der Waals surface area contributed by atoms with Gasteiger partial charge < -0.3 is 20.0 Å². The molecule has 0 aromatic carbocycles.